The topological polar surface area (TPSA) is 12.0 Å². The molecule has 0 atom stereocenters. The summed E-state index contributed by atoms with van der Waals surface area (Å²) in [5.74, 6) is 2.90. The van der Waals surface area contributed by atoms with Crippen LogP contribution < -0.4 is 5.09 Å². The zero-order chi connectivity index (χ0) is 21.5. The van der Waals surface area contributed by atoms with E-state index in [1.54, 1.807) is 0 Å². The van der Waals surface area contributed by atoms with Crippen molar-refractivity contribution in [2.45, 2.75) is 136 Å². The van der Waals surface area contributed by atoms with Gasteiger partial charge in [-0.05, 0) is 0 Å². The van der Waals surface area contributed by atoms with Crippen LogP contribution in [-0.4, -0.2) is 25.0 Å². The van der Waals surface area contributed by atoms with E-state index < -0.39 is 7.41 Å². The summed E-state index contributed by atoms with van der Waals surface area (Å²) in [5.41, 5.74) is 0. The Bertz CT molecular complexity index is 319. The van der Waals surface area contributed by atoms with Crippen LogP contribution in [0.25, 0.3) is 0 Å². The van der Waals surface area contributed by atoms with Crippen molar-refractivity contribution < 1.29 is 0 Å². The van der Waals surface area contributed by atoms with E-state index >= 15 is 0 Å². The van der Waals surface area contributed by atoms with Gasteiger partial charge < -0.3 is 0 Å². The van der Waals surface area contributed by atoms with E-state index in [4.69, 9.17) is 6.42 Å². The fourth-order valence-corrected chi connectivity index (χ4v) is 9.15. The van der Waals surface area contributed by atoms with E-state index in [2.05, 4.69) is 31.8 Å². The Morgan fingerprint density at radius 1 is 0.517 bits per heavy atom. The maximum absolute atomic E-state index is 5.67. The molecule has 0 bridgehead atoms. The number of unbranched alkanes of at least 4 members (excludes halogenated alkanes) is 15. The van der Waals surface area contributed by atoms with E-state index in [1.165, 1.54) is 134 Å². The first-order valence-corrected chi connectivity index (χ1v) is 16.0. The Labute approximate surface area is 186 Å². The van der Waals surface area contributed by atoms with Gasteiger partial charge in [-0.2, -0.15) is 0 Å². The van der Waals surface area contributed by atoms with Gasteiger partial charge in [-0.1, -0.05) is 0 Å². The van der Waals surface area contributed by atoms with Crippen LogP contribution in [0.3, 0.4) is 0 Å². The normalized spacial score (nSPS) is 12.2. The van der Waals surface area contributed by atoms with E-state index in [-0.39, 0.29) is 0 Å². The molecular weight excluding hydrogens is 369 g/mol. The zero-order valence-corrected chi connectivity index (χ0v) is 21.6. The van der Waals surface area contributed by atoms with Gasteiger partial charge >= 0.3 is 186 Å². The molecule has 0 saturated carbocycles. The maximum atomic E-state index is 5.67. The van der Waals surface area contributed by atoms with Crippen molar-refractivity contribution >= 4 is 7.41 Å². The molecule has 174 valence electrons. The van der Waals surface area contributed by atoms with Crippen LogP contribution in [0.1, 0.15) is 136 Å². The molecule has 0 aromatic carbocycles. The van der Waals surface area contributed by atoms with Crippen molar-refractivity contribution in [2.75, 3.05) is 25.0 Å². The predicted octanol–water partition coefficient (Wildman–Crippen LogP) is 8.96. The van der Waals surface area contributed by atoms with Gasteiger partial charge in [0, 0.05) is 0 Å². The molecule has 0 aromatic rings. The summed E-state index contributed by atoms with van der Waals surface area (Å²) in [7, 11) is -1.41. The molecule has 0 spiro atoms. The second kappa shape index (κ2) is 22.6. The fraction of sp³-hybridized carbons (Fsp3) is 0.926. The Balaban J connectivity index is 4.55. The van der Waals surface area contributed by atoms with Gasteiger partial charge in [0.05, 0.1) is 0 Å². The number of terminal acetylenes is 1. The molecule has 0 heterocycles. The van der Waals surface area contributed by atoms with Gasteiger partial charge in [0.25, 0.3) is 0 Å². The van der Waals surface area contributed by atoms with E-state index in [9.17, 15) is 0 Å². The average Bonchev–Trinajstić information content (AvgIpc) is 2.74. The Kier molecular flexibility index (Phi) is 22.6. The van der Waals surface area contributed by atoms with Crippen molar-refractivity contribution in [2.24, 2.45) is 0 Å². The van der Waals surface area contributed by atoms with Crippen molar-refractivity contribution in [3.05, 3.63) is 0 Å². The van der Waals surface area contributed by atoms with E-state index in [0.29, 0.717) is 0 Å². The first-order valence-electron chi connectivity index (χ1n) is 13.4. The summed E-state index contributed by atoms with van der Waals surface area (Å²) in [6.45, 7) is 7.72. The second-order valence-electron chi connectivity index (χ2n) is 9.39. The van der Waals surface area contributed by atoms with Gasteiger partial charge in [0.2, 0.25) is 0 Å². The van der Waals surface area contributed by atoms with Gasteiger partial charge in [0.15, 0.2) is 0 Å². The molecule has 29 heavy (non-hydrogen) atoms. The molecular formula is C27H56NP. The monoisotopic (exact) mass is 425 g/mol. The van der Waals surface area contributed by atoms with Crippen LogP contribution >= 0.6 is 7.41 Å². The molecule has 0 aromatic heterocycles. The van der Waals surface area contributed by atoms with Gasteiger partial charge in [-0.25, -0.2) is 0 Å². The Hall–Kier alpha value is -0.0500. The summed E-state index contributed by atoms with van der Waals surface area (Å²) >= 11 is 0. The summed E-state index contributed by atoms with van der Waals surface area (Å²) in [6, 6.07) is 0. The molecule has 1 nitrogen and oxygen atoms in total. The second-order valence-corrected chi connectivity index (χ2v) is 13.8. The van der Waals surface area contributed by atoms with Crippen molar-refractivity contribution in [1.82, 2.24) is 5.09 Å². The fourth-order valence-electron chi connectivity index (χ4n) is 4.61. The number of hydrogen-bond acceptors (Lipinski definition) is 1. The molecule has 0 aliphatic heterocycles. The molecule has 1 N–H and O–H groups in total. The molecule has 2 heteroatoms. The SMILES string of the molecule is C#CCN[PH](CCCCCCCC)(CCCCCCCC)CCCCCCCC. The number of rotatable bonds is 23. The summed E-state index contributed by atoms with van der Waals surface area (Å²) in [4.78, 5) is 0. The molecule has 0 aliphatic carbocycles. The first kappa shape index (κ1) is 28.9. The van der Waals surface area contributed by atoms with Gasteiger partial charge in [0.1, 0.15) is 0 Å². The summed E-state index contributed by atoms with van der Waals surface area (Å²) in [5, 5.41) is 3.99. The van der Waals surface area contributed by atoms with Crippen LogP contribution in [0.2, 0.25) is 0 Å². The van der Waals surface area contributed by atoms with Crippen LogP contribution in [0.4, 0.5) is 0 Å². The Morgan fingerprint density at radius 2 is 0.828 bits per heavy atom. The zero-order valence-electron chi connectivity index (χ0n) is 20.6. The summed E-state index contributed by atoms with van der Waals surface area (Å²) in [6.07, 6.45) is 35.5. The van der Waals surface area contributed by atoms with Gasteiger partial charge in [-0.15, -0.1) is 0 Å². The molecule has 0 aliphatic rings. The molecule has 0 amide bonds. The Morgan fingerprint density at radius 3 is 1.14 bits per heavy atom. The number of nitrogens with one attached hydrogen (secondary N) is 1. The minimum absolute atomic E-state index is 0.799. The minimum atomic E-state index is -1.41. The van der Waals surface area contributed by atoms with Crippen LogP contribution in [0, 0.1) is 12.3 Å². The standard InChI is InChI=1S/C27H56NP/c1-5-9-12-15-18-21-25-29(28-24-8-4,26-22-19-16-13-10-6-2)27-23-20-17-14-11-7-3/h4,28-29H,5-7,9-27H2,1-3H3. The third-order valence-electron chi connectivity index (χ3n) is 6.59. The molecule has 0 unspecified atom stereocenters. The molecule has 0 rings (SSSR count). The third kappa shape index (κ3) is 18.4. The quantitative estimate of drug-likeness (QED) is 0.0978. The average molecular weight is 426 g/mol. The molecule has 0 fully saturated rings. The van der Waals surface area contributed by atoms with E-state index in [1.807, 2.05) is 0 Å². The summed E-state index contributed by atoms with van der Waals surface area (Å²) < 4.78 is 0. The van der Waals surface area contributed by atoms with Crippen molar-refractivity contribution in [3.63, 3.8) is 0 Å². The predicted molar refractivity (Wildman–Crippen MR) is 140 cm³/mol. The van der Waals surface area contributed by atoms with Gasteiger partial charge in [-0.3, -0.25) is 0 Å². The van der Waals surface area contributed by atoms with Crippen LogP contribution in [0.5, 0.6) is 0 Å². The first-order chi connectivity index (χ1) is 14.2. The van der Waals surface area contributed by atoms with E-state index in [0.717, 1.165) is 6.54 Å². The van der Waals surface area contributed by atoms with Crippen LogP contribution in [-0.2, 0) is 0 Å². The van der Waals surface area contributed by atoms with Crippen molar-refractivity contribution in [3.8, 4) is 12.3 Å². The van der Waals surface area contributed by atoms with Crippen LogP contribution in [0.15, 0.2) is 0 Å². The molecule has 0 saturated heterocycles. The number of hydrogen-bond donors (Lipinski definition) is 1. The third-order valence-corrected chi connectivity index (χ3v) is 11.5. The molecule has 0 radical (unpaired) electrons. The van der Waals surface area contributed by atoms with Crippen molar-refractivity contribution in [1.29, 1.82) is 0 Å².